The Morgan fingerprint density at radius 2 is 0.381 bits per heavy atom. The van der Waals surface area contributed by atoms with Gasteiger partial charge in [-0.15, -0.1) is 0 Å². The van der Waals surface area contributed by atoms with Crippen LogP contribution in [0.1, 0.15) is 150 Å². The Kier molecular flexibility index (Phi) is 11.2. The van der Waals surface area contributed by atoms with E-state index in [2.05, 4.69) is 314 Å². The molecule has 84 heavy (non-hydrogen) atoms. The van der Waals surface area contributed by atoms with Crippen molar-refractivity contribution in [3.63, 3.8) is 0 Å². The largest absolute Gasteiger partial charge is 0.0726 e. The van der Waals surface area contributed by atoms with Crippen molar-refractivity contribution < 1.29 is 0 Å². The maximum atomic E-state index is 2.68. The Morgan fingerprint density at radius 1 is 0.179 bits per heavy atom. The molecule has 0 fully saturated rings. The summed E-state index contributed by atoms with van der Waals surface area (Å²) >= 11 is 0. The minimum Gasteiger partial charge on any atom is -0.0619 e. The number of hydrogen-bond acceptors (Lipinski definition) is 0. The molecule has 11 aromatic rings. The highest BCUT2D eigenvalue weighted by molar-refractivity contribution is 6.02. The van der Waals surface area contributed by atoms with E-state index in [1.807, 2.05) is 0 Å². The summed E-state index contributed by atoms with van der Waals surface area (Å²) in [6.07, 6.45) is 0. The first-order valence-electron chi connectivity index (χ1n) is 30.5. The zero-order valence-electron chi connectivity index (χ0n) is 50.9. The molecule has 0 radical (unpaired) electrons. The van der Waals surface area contributed by atoms with Crippen LogP contribution in [0.4, 0.5) is 0 Å². The highest BCUT2D eigenvalue weighted by Gasteiger charge is 2.56. The topological polar surface area (TPSA) is 0 Å². The van der Waals surface area contributed by atoms with E-state index in [0.717, 1.165) is 0 Å². The van der Waals surface area contributed by atoms with Crippen LogP contribution in [0.25, 0.3) is 89.0 Å². The second kappa shape index (κ2) is 18.0. The SMILES string of the molecule is CC(C)(C)c1ccc(-c2ccc3c(c2)C2(c4ccccc4-c4cc5c(cc42)-c2ccccc2C52c4cc(-c5ccc(C(C)(C)C)cc5)ccc4-c4ccc(-c5ccc(C(C)(C)C)cc5)cc42)c2cc(-c4ccc(C(C)(C)C)cc4)ccc2-3)cc1. The summed E-state index contributed by atoms with van der Waals surface area (Å²) < 4.78 is 0. The van der Waals surface area contributed by atoms with E-state index in [9.17, 15) is 0 Å². The Hall–Kier alpha value is -8.58. The normalized spacial score (nSPS) is 14.6. The van der Waals surface area contributed by atoms with Crippen LogP contribution < -0.4 is 0 Å². The molecule has 4 aliphatic carbocycles. The zero-order valence-corrected chi connectivity index (χ0v) is 50.9. The van der Waals surface area contributed by atoms with E-state index in [0.29, 0.717) is 0 Å². The maximum Gasteiger partial charge on any atom is 0.0726 e. The van der Waals surface area contributed by atoms with Gasteiger partial charge in [0.15, 0.2) is 0 Å². The van der Waals surface area contributed by atoms with Gasteiger partial charge in [0.05, 0.1) is 10.8 Å². The van der Waals surface area contributed by atoms with Gasteiger partial charge in [-0.2, -0.15) is 0 Å². The average molecular weight is 1080 g/mol. The summed E-state index contributed by atoms with van der Waals surface area (Å²) in [5, 5.41) is 0. The van der Waals surface area contributed by atoms with Crippen LogP contribution in [0.5, 0.6) is 0 Å². The fourth-order valence-corrected chi connectivity index (χ4v) is 15.2. The van der Waals surface area contributed by atoms with Crippen LogP contribution in [-0.2, 0) is 32.5 Å². The van der Waals surface area contributed by atoms with E-state index in [4.69, 9.17) is 0 Å². The van der Waals surface area contributed by atoms with Crippen molar-refractivity contribution in [3.8, 4) is 89.0 Å². The highest BCUT2D eigenvalue weighted by Crippen LogP contribution is 2.69. The van der Waals surface area contributed by atoms with Gasteiger partial charge in [-0.3, -0.25) is 0 Å². The van der Waals surface area contributed by atoms with E-state index in [1.165, 1.54) is 156 Å². The zero-order chi connectivity index (χ0) is 58.0. The van der Waals surface area contributed by atoms with Crippen molar-refractivity contribution in [2.24, 2.45) is 0 Å². The molecule has 15 rings (SSSR count). The van der Waals surface area contributed by atoms with Crippen LogP contribution in [0.15, 0.2) is 231 Å². The van der Waals surface area contributed by atoms with Crippen molar-refractivity contribution in [1.29, 1.82) is 0 Å². The van der Waals surface area contributed by atoms with Crippen LogP contribution in [0, 0.1) is 0 Å². The van der Waals surface area contributed by atoms with Crippen LogP contribution in [0.3, 0.4) is 0 Å². The fourth-order valence-electron chi connectivity index (χ4n) is 15.2. The quantitative estimate of drug-likeness (QED) is 0.165. The molecular weight excluding hydrogens is 1010 g/mol. The van der Waals surface area contributed by atoms with Crippen molar-refractivity contribution in [3.05, 3.63) is 297 Å². The van der Waals surface area contributed by atoms with Crippen molar-refractivity contribution in [2.45, 2.75) is 116 Å². The monoisotopic (exact) mass is 1080 g/mol. The van der Waals surface area contributed by atoms with Gasteiger partial charge in [0.1, 0.15) is 0 Å². The summed E-state index contributed by atoms with van der Waals surface area (Å²) in [4.78, 5) is 0. The molecule has 0 bridgehead atoms. The van der Waals surface area contributed by atoms with Crippen molar-refractivity contribution in [2.75, 3.05) is 0 Å². The second-order valence-electron chi connectivity index (χ2n) is 28.9. The second-order valence-corrected chi connectivity index (χ2v) is 28.9. The van der Waals surface area contributed by atoms with Gasteiger partial charge in [-0.05, 0) is 214 Å². The number of fused-ring (bicyclic) bond motifs is 20. The van der Waals surface area contributed by atoms with Gasteiger partial charge >= 0.3 is 0 Å². The molecule has 11 aromatic carbocycles. The van der Waals surface area contributed by atoms with E-state index in [1.54, 1.807) is 0 Å². The lowest BCUT2D eigenvalue weighted by Crippen LogP contribution is -2.27. The third-order valence-corrected chi connectivity index (χ3v) is 19.8. The minimum atomic E-state index is -0.608. The van der Waals surface area contributed by atoms with E-state index in [-0.39, 0.29) is 21.7 Å². The Labute approximate surface area is 499 Å². The summed E-state index contributed by atoms with van der Waals surface area (Å²) in [6, 6.07) is 91.0. The standard InChI is InChI=1S/C84H74/c1-79(2,3)59-33-21-51(22-34-59)55-29-41-65-66-42-30-56(52-23-35-60(36-24-52)80(4,5)6)46-74(66)83(73(65)45-55)71-19-15-13-17-63(71)69-50-78-70(49-77(69)83)64-18-14-16-20-72(64)84(78)75-47-57(53-25-37-61(38-26-53)81(7,8)9)31-43-67(75)68-44-32-58(48-76(68)84)54-27-39-62(40-28-54)82(10,11)12/h13-50H,1-12H3. The Bertz CT molecular complexity index is 4000. The lowest BCUT2D eigenvalue weighted by Gasteiger charge is -2.33. The summed E-state index contributed by atoms with van der Waals surface area (Å²) in [6.45, 7) is 27.6. The molecular formula is C84H74. The summed E-state index contributed by atoms with van der Waals surface area (Å²) in [7, 11) is 0. The molecule has 0 nitrogen and oxygen atoms in total. The molecule has 0 saturated heterocycles. The van der Waals surface area contributed by atoms with Crippen LogP contribution in [-0.4, -0.2) is 0 Å². The molecule has 0 heterocycles. The molecule has 0 aliphatic heterocycles. The average Bonchev–Trinajstić information content (AvgIpc) is 1.51. The van der Waals surface area contributed by atoms with Gasteiger partial charge in [0.25, 0.3) is 0 Å². The molecule has 2 spiro atoms. The molecule has 0 saturated carbocycles. The molecule has 410 valence electrons. The van der Waals surface area contributed by atoms with Gasteiger partial charge in [0, 0.05) is 0 Å². The number of hydrogen-bond donors (Lipinski definition) is 0. The third-order valence-electron chi connectivity index (χ3n) is 19.8. The fraction of sp³-hybridized carbons (Fsp3) is 0.214. The molecule has 0 atom stereocenters. The minimum absolute atomic E-state index is 0.0611. The van der Waals surface area contributed by atoms with E-state index >= 15 is 0 Å². The first kappa shape index (κ1) is 52.2. The Balaban J connectivity index is 1.01. The van der Waals surface area contributed by atoms with Crippen LogP contribution in [0.2, 0.25) is 0 Å². The van der Waals surface area contributed by atoms with Crippen molar-refractivity contribution in [1.82, 2.24) is 0 Å². The lowest BCUT2D eigenvalue weighted by molar-refractivity contribution is 0.590. The number of rotatable bonds is 4. The molecule has 0 amide bonds. The molecule has 0 N–H and O–H groups in total. The van der Waals surface area contributed by atoms with Crippen LogP contribution >= 0.6 is 0 Å². The van der Waals surface area contributed by atoms with E-state index < -0.39 is 10.8 Å². The third kappa shape index (κ3) is 7.58. The smallest absolute Gasteiger partial charge is 0.0619 e. The lowest BCUT2D eigenvalue weighted by atomic mass is 9.68. The van der Waals surface area contributed by atoms with Gasteiger partial charge < -0.3 is 0 Å². The highest BCUT2D eigenvalue weighted by atomic mass is 14.6. The predicted molar refractivity (Wildman–Crippen MR) is 356 cm³/mol. The Morgan fingerprint density at radius 3 is 0.619 bits per heavy atom. The summed E-state index contributed by atoms with van der Waals surface area (Å²) in [5.74, 6) is 0. The van der Waals surface area contributed by atoms with Gasteiger partial charge in [-0.1, -0.05) is 277 Å². The number of benzene rings is 11. The van der Waals surface area contributed by atoms with Gasteiger partial charge in [0.2, 0.25) is 0 Å². The molecule has 0 unspecified atom stereocenters. The molecule has 0 aromatic heterocycles. The first-order chi connectivity index (χ1) is 40.1. The van der Waals surface area contributed by atoms with Crippen molar-refractivity contribution >= 4 is 0 Å². The first-order valence-corrected chi connectivity index (χ1v) is 30.5. The maximum absolute atomic E-state index is 2.68. The molecule has 0 heteroatoms. The summed E-state index contributed by atoms with van der Waals surface area (Å²) in [5.41, 5.74) is 35.6. The molecule has 4 aliphatic rings. The predicted octanol–water partition coefficient (Wildman–Crippen LogP) is 22.2. The van der Waals surface area contributed by atoms with Gasteiger partial charge in [-0.25, -0.2) is 0 Å².